The highest BCUT2D eigenvalue weighted by Gasteiger charge is 2.25. The molecule has 8 nitrogen and oxygen atoms in total. The highest BCUT2D eigenvalue weighted by atomic mass is 16.3. The molecule has 1 N–H and O–H groups in total. The van der Waals surface area contributed by atoms with Gasteiger partial charge in [0.2, 0.25) is 5.91 Å². The number of rotatable bonds is 5. The number of carbonyl (C=O) groups excluding carboxylic acids is 2. The Bertz CT molecular complexity index is 931. The standard InChI is InChI=1S/C24H31N5O3/c1-2-25-24(28-15-13-27(14-16-28)23(31)21-6-5-17-32-21)26-18-19-8-10-20(11-9-19)29-12-4-3-7-22(29)30/h5-6,8-11,17H,2-4,7,12-16,18H2,1H3,(H,25,26). The maximum atomic E-state index is 12.5. The van der Waals surface area contributed by atoms with E-state index in [9.17, 15) is 9.59 Å². The monoisotopic (exact) mass is 437 g/mol. The zero-order valence-electron chi connectivity index (χ0n) is 18.6. The summed E-state index contributed by atoms with van der Waals surface area (Å²) in [5, 5.41) is 3.36. The Morgan fingerprint density at radius 2 is 1.78 bits per heavy atom. The molecule has 2 fully saturated rings. The van der Waals surface area contributed by atoms with Gasteiger partial charge in [0, 0.05) is 51.4 Å². The van der Waals surface area contributed by atoms with E-state index < -0.39 is 0 Å². The maximum absolute atomic E-state index is 12.5. The van der Waals surface area contributed by atoms with E-state index in [1.165, 1.54) is 6.26 Å². The smallest absolute Gasteiger partial charge is 0.289 e. The highest BCUT2D eigenvalue weighted by Crippen LogP contribution is 2.21. The average molecular weight is 438 g/mol. The number of carbonyl (C=O) groups is 2. The summed E-state index contributed by atoms with van der Waals surface area (Å²) >= 11 is 0. The van der Waals surface area contributed by atoms with Crippen LogP contribution in [0.2, 0.25) is 0 Å². The maximum Gasteiger partial charge on any atom is 0.289 e. The second kappa shape index (κ2) is 10.3. The SMILES string of the molecule is CCNC(=NCc1ccc(N2CCCCC2=O)cc1)N1CCN(C(=O)c2ccco2)CC1. The Balaban J connectivity index is 1.35. The summed E-state index contributed by atoms with van der Waals surface area (Å²) in [6, 6.07) is 11.6. The van der Waals surface area contributed by atoms with Gasteiger partial charge < -0.3 is 24.4 Å². The van der Waals surface area contributed by atoms with Crippen molar-refractivity contribution in [2.24, 2.45) is 4.99 Å². The first-order valence-electron chi connectivity index (χ1n) is 11.4. The second-order valence-corrected chi connectivity index (χ2v) is 8.10. The van der Waals surface area contributed by atoms with Crippen LogP contribution in [0.1, 0.15) is 42.3 Å². The van der Waals surface area contributed by atoms with E-state index in [1.54, 1.807) is 12.1 Å². The second-order valence-electron chi connectivity index (χ2n) is 8.10. The number of nitrogens with one attached hydrogen (secondary N) is 1. The molecule has 0 saturated carbocycles. The molecule has 1 aromatic carbocycles. The molecule has 0 radical (unpaired) electrons. The molecule has 170 valence electrons. The number of hydrogen-bond donors (Lipinski definition) is 1. The number of amides is 2. The Morgan fingerprint density at radius 3 is 2.44 bits per heavy atom. The quantitative estimate of drug-likeness (QED) is 0.575. The number of aliphatic imine (C=N–C) groups is 1. The zero-order valence-corrected chi connectivity index (χ0v) is 18.6. The van der Waals surface area contributed by atoms with Crippen molar-refractivity contribution in [3.05, 3.63) is 54.0 Å². The Kier molecular flexibility index (Phi) is 7.09. The van der Waals surface area contributed by atoms with Crippen LogP contribution in [0, 0.1) is 0 Å². The van der Waals surface area contributed by atoms with Crippen molar-refractivity contribution in [3.8, 4) is 0 Å². The fourth-order valence-electron chi connectivity index (χ4n) is 4.13. The number of anilines is 1. The van der Waals surface area contributed by atoms with Gasteiger partial charge in [0.05, 0.1) is 12.8 Å². The number of benzene rings is 1. The van der Waals surface area contributed by atoms with E-state index in [2.05, 4.69) is 17.1 Å². The molecule has 0 unspecified atom stereocenters. The number of hydrogen-bond acceptors (Lipinski definition) is 4. The minimum absolute atomic E-state index is 0.0659. The molecule has 0 bridgehead atoms. The molecule has 4 rings (SSSR count). The first kappa shape index (κ1) is 21.9. The van der Waals surface area contributed by atoms with Crippen molar-refractivity contribution in [3.63, 3.8) is 0 Å². The Morgan fingerprint density at radius 1 is 1.03 bits per heavy atom. The molecule has 2 saturated heterocycles. The molecule has 0 atom stereocenters. The van der Waals surface area contributed by atoms with E-state index in [-0.39, 0.29) is 11.8 Å². The predicted molar refractivity (Wildman–Crippen MR) is 124 cm³/mol. The molecular weight excluding hydrogens is 406 g/mol. The number of nitrogens with zero attached hydrogens (tertiary/aromatic N) is 4. The molecule has 1 aromatic heterocycles. The van der Waals surface area contributed by atoms with Crippen LogP contribution in [0.15, 0.2) is 52.1 Å². The third kappa shape index (κ3) is 5.12. The van der Waals surface area contributed by atoms with Crippen LogP contribution in [0.3, 0.4) is 0 Å². The summed E-state index contributed by atoms with van der Waals surface area (Å²) in [5.41, 5.74) is 2.06. The molecule has 2 aliphatic heterocycles. The zero-order chi connectivity index (χ0) is 22.3. The molecule has 2 aromatic rings. The van der Waals surface area contributed by atoms with Crippen molar-refractivity contribution < 1.29 is 14.0 Å². The summed E-state index contributed by atoms with van der Waals surface area (Å²) in [6.45, 7) is 6.88. The lowest BCUT2D eigenvalue weighted by atomic mass is 10.1. The van der Waals surface area contributed by atoms with Crippen molar-refractivity contribution >= 4 is 23.5 Å². The number of guanidine groups is 1. The normalized spacial score (nSPS) is 17.6. The molecule has 2 aliphatic rings. The van der Waals surface area contributed by atoms with Gasteiger partial charge in [-0.2, -0.15) is 0 Å². The van der Waals surface area contributed by atoms with Crippen LogP contribution in [0.5, 0.6) is 0 Å². The van der Waals surface area contributed by atoms with E-state index in [0.29, 0.717) is 44.9 Å². The Labute approximate surface area is 188 Å². The molecule has 2 amide bonds. The first-order chi connectivity index (χ1) is 15.7. The van der Waals surface area contributed by atoms with Crippen molar-refractivity contribution in [1.29, 1.82) is 0 Å². The van der Waals surface area contributed by atoms with Crippen LogP contribution >= 0.6 is 0 Å². The van der Waals surface area contributed by atoms with Crippen LogP contribution in [0.4, 0.5) is 5.69 Å². The lowest BCUT2D eigenvalue weighted by Gasteiger charge is -2.36. The molecule has 8 heteroatoms. The van der Waals surface area contributed by atoms with Gasteiger partial charge in [-0.25, -0.2) is 4.99 Å². The fraction of sp³-hybridized carbons (Fsp3) is 0.458. The summed E-state index contributed by atoms with van der Waals surface area (Å²) in [7, 11) is 0. The third-order valence-corrected chi connectivity index (χ3v) is 5.92. The van der Waals surface area contributed by atoms with Gasteiger partial charge in [-0.3, -0.25) is 9.59 Å². The summed E-state index contributed by atoms with van der Waals surface area (Å²) < 4.78 is 5.24. The third-order valence-electron chi connectivity index (χ3n) is 5.92. The van der Waals surface area contributed by atoms with Crippen molar-refractivity contribution in [2.75, 3.05) is 44.2 Å². The van der Waals surface area contributed by atoms with Crippen LogP contribution in [-0.2, 0) is 11.3 Å². The highest BCUT2D eigenvalue weighted by molar-refractivity contribution is 5.94. The largest absolute Gasteiger partial charge is 0.459 e. The summed E-state index contributed by atoms with van der Waals surface area (Å²) in [6.07, 6.45) is 4.21. The van der Waals surface area contributed by atoms with Gasteiger partial charge in [0.15, 0.2) is 11.7 Å². The fourth-order valence-corrected chi connectivity index (χ4v) is 4.13. The summed E-state index contributed by atoms with van der Waals surface area (Å²) in [4.78, 5) is 35.3. The molecule has 0 spiro atoms. The lowest BCUT2D eigenvalue weighted by Crippen LogP contribution is -2.53. The molecular formula is C24H31N5O3. The van der Waals surface area contributed by atoms with Crippen LogP contribution in [-0.4, -0.2) is 66.8 Å². The number of furan rings is 1. The topological polar surface area (TPSA) is 81.4 Å². The first-order valence-corrected chi connectivity index (χ1v) is 11.4. The summed E-state index contributed by atoms with van der Waals surface area (Å²) in [5.74, 6) is 1.38. The van der Waals surface area contributed by atoms with Gasteiger partial charge >= 0.3 is 0 Å². The van der Waals surface area contributed by atoms with Gasteiger partial charge in [-0.05, 0) is 49.6 Å². The van der Waals surface area contributed by atoms with E-state index in [0.717, 1.165) is 43.1 Å². The molecule has 32 heavy (non-hydrogen) atoms. The molecule has 3 heterocycles. The van der Waals surface area contributed by atoms with E-state index in [1.807, 2.05) is 34.1 Å². The Hall–Kier alpha value is -3.29. The number of piperidine rings is 1. The predicted octanol–water partition coefficient (Wildman–Crippen LogP) is 2.72. The van der Waals surface area contributed by atoms with Crippen LogP contribution in [0.25, 0.3) is 0 Å². The van der Waals surface area contributed by atoms with Crippen molar-refractivity contribution in [1.82, 2.24) is 15.1 Å². The van der Waals surface area contributed by atoms with E-state index >= 15 is 0 Å². The minimum Gasteiger partial charge on any atom is -0.459 e. The van der Waals surface area contributed by atoms with Gasteiger partial charge in [0.25, 0.3) is 5.91 Å². The van der Waals surface area contributed by atoms with Crippen molar-refractivity contribution in [2.45, 2.75) is 32.7 Å². The lowest BCUT2D eigenvalue weighted by molar-refractivity contribution is -0.119. The minimum atomic E-state index is -0.0659. The van der Waals surface area contributed by atoms with Gasteiger partial charge in [-0.15, -0.1) is 0 Å². The number of piperazine rings is 1. The molecule has 0 aliphatic carbocycles. The van der Waals surface area contributed by atoms with Crippen LogP contribution < -0.4 is 10.2 Å². The van der Waals surface area contributed by atoms with Gasteiger partial charge in [-0.1, -0.05) is 12.1 Å². The van der Waals surface area contributed by atoms with Gasteiger partial charge in [0.1, 0.15) is 0 Å². The average Bonchev–Trinajstić information content (AvgIpc) is 3.37. The van der Waals surface area contributed by atoms with E-state index in [4.69, 9.17) is 9.41 Å².